The van der Waals surface area contributed by atoms with E-state index < -0.39 is 35.1 Å². The smallest absolute Gasteiger partial charge is 0.416 e. The molecule has 0 fully saturated rings. The van der Waals surface area contributed by atoms with Crippen LogP contribution in [0.25, 0.3) is 5.57 Å². The first-order valence-electron chi connectivity index (χ1n) is 8.11. The second kappa shape index (κ2) is 7.11. The third-order valence-corrected chi connectivity index (χ3v) is 4.36. The summed E-state index contributed by atoms with van der Waals surface area (Å²) in [4.78, 5) is 24.9. The third kappa shape index (κ3) is 3.46. The van der Waals surface area contributed by atoms with Crippen LogP contribution in [0.2, 0.25) is 0 Å². The van der Waals surface area contributed by atoms with E-state index in [1.54, 1.807) is 13.8 Å². The van der Waals surface area contributed by atoms with Gasteiger partial charge in [0.2, 0.25) is 11.5 Å². The molecule has 1 aromatic carbocycles. The second-order valence-corrected chi connectivity index (χ2v) is 5.98. The Hall–Kier alpha value is -2.35. The lowest BCUT2D eigenvalue weighted by molar-refractivity contribution is -0.147. The molecule has 1 heterocycles. The van der Waals surface area contributed by atoms with Crippen molar-refractivity contribution in [2.45, 2.75) is 38.6 Å². The van der Waals surface area contributed by atoms with Crippen LogP contribution in [0.15, 0.2) is 30.0 Å². The number of carbonyl (C=O) groups excluding carboxylic acids is 2. The van der Waals surface area contributed by atoms with E-state index in [2.05, 4.69) is 0 Å². The number of benzene rings is 1. The number of carbonyl (C=O) groups is 2. The van der Waals surface area contributed by atoms with Crippen LogP contribution in [0, 0.1) is 5.92 Å². The standard InChI is InChI=1S/C18H20F3NO4/c1-4-12(16(24)25-3)14-13(15(23)17(22,5-2)26-14)10-7-6-8-11(9-10)18(19,20)21/h6-9,12H,4-5,22H2,1-3H3. The number of alkyl halides is 3. The predicted molar refractivity (Wildman–Crippen MR) is 87.5 cm³/mol. The van der Waals surface area contributed by atoms with Crippen molar-refractivity contribution in [2.24, 2.45) is 11.7 Å². The van der Waals surface area contributed by atoms with Gasteiger partial charge in [-0.25, -0.2) is 0 Å². The van der Waals surface area contributed by atoms with Gasteiger partial charge in [-0.2, -0.15) is 13.2 Å². The van der Waals surface area contributed by atoms with Gasteiger partial charge in [-0.1, -0.05) is 26.0 Å². The molecule has 2 unspecified atom stereocenters. The summed E-state index contributed by atoms with van der Waals surface area (Å²) in [6.07, 6.45) is -4.25. The summed E-state index contributed by atoms with van der Waals surface area (Å²) >= 11 is 0. The first-order valence-corrected chi connectivity index (χ1v) is 8.11. The zero-order valence-corrected chi connectivity index (χ0v) is 14.6. The minimum Gasteiger partial charge on any atom is -0.468 e. The van der Waals surface area contributed by atoms with Crippen LogP contribution >= 0.6 is 0 Å². The molecule has 26 heavy (non-hydrogen) atoms. The molecule has 2 N–H and O–H groups in total. The number of rotatable bonds is 5. The molecule has 1 aliphatic rings. The molecule has 0 spiro atoms. The largest absolute Gasteiger partial charge is 0.468 e. The van der Waals surface area contributed by atoms with Gasteiger partial charge in [0.1, 0.15) is 11.7 Å². The molecular formula is C18H20F3NO4. The molecule has 8 heteroatoms. The molecule has 0 amide bonds. The maximum atomic E-state index is 13.0. The molecular weight excluding hydrogens is 351 g/mol. The van der Waals surface area contributed by atoms with E-state index in [1.807, 2.05) is 0 Å². The van der Waals surface area contributed by atoms with Gasteiger partial charge in [-0.05, 0) is 24.1 Å². The highest BCUT2D eigenvalue weighted by Gasteiger charge is 2.49. The van der Waals surface area contributed by atoms with Gasteiger partial charge >= 0.3 is 12.1 Å². The molecule has 2 rings (SSSR count). The van der Waals surface area contributed by atoms with Crippen molar-refractivity contribution in [3.63, 3.8) is 0 Å². The Kier molecular flexibility index (Phi) is 5.46. The minimum atomic E-state index is -4.57. The van der Waals surface area contributed by atoms with E-state index in [4.69, 9.17) is 15.2 Å². The van der Waals surface area contributed by atoms with E-state index in [-0.39, 0.29) is 29.7 Å². The van der Waals surface area contributed by atoms with Gasteiger partial charge in [0.05, 0.1) is 18.2 Å². The van der Waals surface area contributed by atoms with Crippen molar-refractivity contribution in [3.8, 4) is 0 Å². The molecule has 2 atom stereocenters. The molecule has 1 aromatic rings. The highest BCUT2D eigenvalue weighted by Crippen LogP contribution is 2.41. The van der Waals surface area contributed by atoms with Gasteiger partial charge in [0, 0.05) is 6.42 Å². The lowest BCUT2D eigenvalue weighted by Gasteiger charge is -2.23. The topological polar surface area (TPSA) is 78.6 Å². The summed E-state index contributed by atoms with van der Waals surface area (Å²) in [5.74, 6) is -2.30. The highest BCUT2D eigenvalue weighted by atomic mass is 19.4. The third-order valence-electron chi connectivity index (χ3n) is 4.36. The monoisotopic (exact) mass is 371 g/mol. The highest BCUT2D eigenvalue weighted by molar-refractivity contribution is 6.27. The Morgan fingerprint density at radius 3 is 2.50 bits per heavy atom. The number of halogens is 3. The number of ether oxygens (including phenoxy) is 2. The Morgan fingerprint density at radius 2 is 2.00 bits per heavy atom. The van der Waals surface area contributed by atoms with Gasteiger partial charge < -0.3 is 9.47 Å². The molecule has 0 aromatic heterocycles. The number of methoxy groups -OCH3 is 1. The van der Waals surface area contributed by atoms with Crippen molar-refractivity contribution in [1.82, 2.24) is 0 Å². The fraction of sp³-hybridized carbons (Fsp3) is 0.444. The number of hydrogen-bond donors (Lipinski definition) is 1. The lowest BCUT2D eigenvalue weighted by Crippen LogP contribution is -2.46. The van der Waals surface area contributed by atoms with Crippen LogP contribution in [-0.4, -0.2) is 24.6 Å². The number of esters is 1. The first kappa shape index (κ1) is 20.0. The quantitative estimate of drug-likeness (QED) is 0.804. The number of ketones is 1. The number of hydrogen-bond acceptors (Lipinski definition) is 5. The van der Waals surface area contributed by atoms with Gasteiger partial charge in [0.15, 0.2) is 0 Å². The zero-order chi connectivity index (χ0) is 19.7. The Morgan fingerprint density at radius 1 is 1.35 bits per heavy atom. The minimum absolute atomic E-state index is 0.00273. The van der Waals surface area contributed by atoms with Crippen LogP contribution in [0.5, 0.6) is 0 Å². The van der Waals surface area contributed by atoms with Crippen LogP contribution < -0.4 is 5.73 Å². The fourth-order valence-electron chi connectivity index (χ4n) is 2.82. The molecule has 0 saturated carbocycles. The van der Waals surface area contributed by atoms with Gasteiger partial charge in [0.25, 0.3) is 0 Å². The molecule has 142 valence electrons. The zero-order valence-electron chi connectivity index (χ0n) is 14.6. The molecule has 0 bridgehead atoms. The number of Topliss-reactive ketones (excluding diaryl/α,β-unsaturated/α-hetero) is 1. The van der Waals surface area contributed by atoms with Gasteiger partial charge in [-0.15, -0.1) is 0 Å². The Labute approximate surface area is 149 Å². The fourth-order valence-corrected chi connectivity index (χ4v) is 2.82. The van der Waals surface area contributed by atoms with Crippen LogP contribution in [0.3, 0.4) is 0 Å². The maximum absolute atomic E-state index is 13.0. The lowest BCUT2D eigenvalue weighted by atomic mass is 9.91. The van der Waals surface area contributed by atoms with Crippen molar-refractivity contribution >= 4 is 17.3 Å². The number of nitrogens with two attached hydrogens (primary N) is 1. The van der Waals surface area contributed by atoms with Crippen LogP contribution in [0.1, 0.15) is 37.8 Å². The second-order valence-electron chi connectivity index (χ2n) is 5.98. The van der Waals surface area contributed by atoms with E-state index >= 15 is 0 Å². The summed E-state index contributed by atoms with van der Waals surface area (Å²) in [5.41, 5.74) is 3.25. The SMILES string of the molecule is CCC(C(=O)OC)C1=C(c2cccc(C(F)(F)F)c2)C(=O)C(N)(CC)O1. The van der Waals surface area contributed by atoms with Crippen molar-refractivity contribution in [2.75, 3.05) is 7.11 Å². The van der Waals surface area contributed by atoms with Crippen molar-refractivity contribution < 1.29 is 32.2 Å². The van der Waals surface area contributed by atoms with Crippen molar-refractivity contribution in [1.29, 1.82) is 0 Å². The van der Waals surface area contributed by atoms with Crippen LogP contribution in [-0.2, 0) is 25.2 Å². The molecule has 5 nitrogen and oxygen atoms in total. The average molecular weight is 371 g/mol. The summed E-state index contributed by atoms with van der Waals surface area (Å²) in [6.45, 7) is 3.29. The maximum Gasteiger partial charge on any atom is 0.416 e. The summed E-state index contributed by atoms with van der Waals surface area (Å²) in [7, 11) is 1.18. The van der Waals surface area contributed by atoms with Crippen molar-refractivity contribution in [3.05, 3.63) is 41.2 Å². The summed E-state index contributed by atoms with van der Waals surface area (Å²) in [6, 6.07) is 4.30. The predicted octanol–water partition coefficient (Wildman–Crippen LogP) is 3.28. The molecule has 1 aliphatic heterocycles. The Bertz CT molecular complexity index is 757. The summed E-state index contributed by atoms with van der Waals surface area (Å²) < 4.78 is 49.5. The molecule has 0 saturated heterocycles. The first-order chi connectivity index (χ1) is 12.1. The Balaban J connectivity index is 2.67. The average Bonchev–Trinajstić information content (AvgIpc) is 2.86. The molecule has 0 radical (unpaired) electrons. The molecule has 0 aliphatic carbocycles. The normalized spacial score (nSPS) is 21.6. The van der Waals surface area contributed by atoms with Gasteiger partial charge in [-0.3, -0.25) is 15.3 Å². The van der Waals surface area contributed by atoms with E-state index in [0.29, 0.717) is 0 Å². The van der Waals surface area contributed by atoms with E-state index in [9.17, 15) is 22.8 Å². The van der Waals surface area contributed by atoms with E-state index in [1.165, 1.54) is 19.2 Å². The van der Waals surface area contributed by atoms with Crippen LogP contribution in [0.4, 0.5) is 13.2 Å². The van der Waals surface area contributed by atoms with E-state index in [0.717, 1.165) is 12.1 Å². The summed E-state index contributed by atoms with van der Waals surface area (Å²) in [5, 5.41) is 0.